The maximum absolute atomic E-state index is 5.71. The molecule has 0 amide bonds. The molecule has 3 rings (SSSR count). The minimum absolute atomic E-state index is 0.337. The van der Waals surface area contributed by atoms with E-state index in [-0.39, 0.29) is 0 Å². The Labute approximate surface area is 121 Å². The van der Waals surface area contributed by atoms with Crippen LogP contribution >= 0.6 is 12.2 Å². The lowest BCUT2D eigenvalue weighted by Gasteiger charge is -2.03. The average Bonchev–Trinajstić information content (AvgIpc) is 2.82. The van der Waals surface area contributed by atoms with Gasteiger partial charge in [0.1, 0.15) is 0 Å². The summed E-state index contributed by atoms with van der Waals surface area (Å²) in [5, 5.41) is 0. The first kappa shape index (κ1) is 12.5. The lowest BCUT2D eigenvalue weighted by Crippen LogP contribution is -1.87. The van der Waals surface area contributed by atoms with E-state index in [0.29, 0.717) is 22.0 Å². The fourth-order valence-corrected chi connectivity index (χ4v) is 2.20. The van der Waals surface area contributed by atoms with Gasteiger partial charge in [-0.3, -0.25) is 0 Å². The molecular formula is C15H13N3OS. The molecule has 1 heterocycles. The number of rotatable bonds is 2. The molecular weight excluding hydrogens is 270 g/mol. The van der Waals surface area contributed by atoms with Gasteiger partial charge in [0, 0.05) is 22.5 Å². The Morgan fingerprint density at radius 3 is 1.85 bits per heavy atom. The normalized spacial score (nSPS) is 10.6. The van der Waals surface area contributed by atoms with Crippen molar-refractivity contribution in [1.82, 2.24) is 4.98 Å². The highest BCUT2D eigenvalue weighted by Gasteiger charge is 2.12. The zero-order valence-electron chi connectivity index (χ0n) is 10.6. The molecule has 2 aromatic carbocycles. The lowest BCUT2D eigenvalue weighted by molar-refractivity contribution is 0.554. The van der Waals surface area contributed by atoms with Gasteiger partial charge in [0.05, 0.1) is 5.69 Å². The van der Waals surface area contributed by atoms with Crippen molar-refractivity contribution < 1.29 is 4.42 Å². The van der Waals surface area contributed by atoms with Crippen molar-refractivity contribution in [3.8, 4) is 22.6 Å². The number of anilines is 2. The van der Waals surface area contributed by atoms with Gasteiger partial charge in [-0.1, -0.05) is 12.1 Å². The highest BCUT2D eigenvalue weighted by molar-refractivity contribution is 7.71. The van der Waals surface area contributed by atoms with Gasteiger partial charge in [-0.15, -0.1) is 0 Å². The summed E-state index contributed by atoms with van der Waals surface area (Å²) in [6.45, 7) is 0. The van der Waals surface area contributed by atoms with Crippen molar-refractivity contribution >= 4 is 23.6 Å². The Morgan fingerprint density at radius 1 is 0.800 bits per heavy atom. The number of benzene rings is 2. The summed E-state index contributed by atoms with van der Waals surface area (Å²) < 4.78 is 5.61. The predicted molar refractivity (Wildman–Crippen MR) is 83.6 cm³/mol. The Balaban J connectivity index is 2.15. The van der Waals surface area contributed by atoms with E-state index >= 15 is 0 Å². The first-order chi connectivity index (χ1) is 9.63. The van der Waals surface area contributed by atoms with E-state index in [1.54, 1.807) is 0 Å². The molecule has 4 nitrogen and oxygen atoms in total. The van der Waals surface area contributed by atoms with Crippen LogP contribution in [0.5, 0.6) is 0 Å². The Kier molecular flexibility index (Phi) is 3.04. The summed E-state index contributed by atoms with van der Waals surface area (Å²) in [5.41, 5.74) is 15.5. The zero-order valence-corrected chi connectivity index (χ0v) is 11.4. The molecule has 0 atom stereocenters. The fourth-order valence-electron chi connectivity index (χ4n) is 2.02. The lowest BCUT2D eigenvalue weighted by atomic mass is 10.1. The van der Waals surface area contributed by atoms with Crippen molar-refractivity contribution in [2.45, 2.75) is 0 Å². The highest BCUT2D eigenvalue weighted by atomic mass is 32.1. The van der Waals surface area contributed by atoms with Crippen LogP contribution in [-0.2, 0) is 0 Å². The molecule has 0 aliphatic rings. The molecule has 0 unspecified atom stereocenters. The monoisotopic (exact) mass is 283 g/mol. The second-order valence-electron chi connectivity index (χ2n) is 4.46. The summed E-state index contributed by atoms with van der Waals surface area (Å²) in [4.78, 5) is 3.41. The van der Waals surface area contributed by atoms with Crippen LogP contribution in [0.3, 0.4) is 0 Å². The standard InChI is InChI=1S/C15H13N3OS/c16-11-5-1-9(2-6-11)13-14(19-15(20)18-13)10-3-7-12(17)8-4-10/h1-8H,16-17H2,(H,18,20). The van der Waals surface area contributed by atoms with Gasteiger partial charge in [0.2, 0.25) is 0 Å². The Hall–Kier alpha value is -2.53. The molecule has 0 bridgehead atoms. The highest BCUT2D eigenvalue weighted by Crippen LogP contribution is 2.32. The van der Waals surface area contributed by atoms with Crippen molar-refractivity contribution in [3.05, 3.63) is 53.4 Å². The predicted octanol–water partition coefficient (Wildman–Crippen LogP) is 3.84. The summed E-state index contributed by atoms with van der Waals surface area (Å²) in [6.07, 6.45) is 0. The van der Waals surface area contributed by atoms with Crippen molar-refractivity contribution in [2.75, 3.05) is 11.5 Å². The van der Waals surface area contributed by atoms with E-state index in [2.05, 4.69) is 4.98 Å². The van der Waals surface area contributed by atoms with Gasteiger partial charge in [-0.05, 0) is 48.6 Å². The number of oxazole rings is 1. The van der Waals surface area contributed by atoms with Crippen LogP contribution in [0.2, 0.25) is 0 Å². The van der Waals surface area contributed by atoms with Crippen LogP contribution in [0, 0.1) is 4.84 Å². The quantitative estimate of drug-likeness (QED) is 0.493. The van der Waals surface area contributed by atoms with Crippen molar-refractivity contribution in [2.24, 2.45) is 0 Å². The summed E-state index contributed by atoms with van der Waals surface area (Å²) >= 11 is 5.10. The number of nitrogens with two attached hydrogens (primary N) is 2. The molecule has 0 aliphatic carbocycles. The van der Waals surface area contributed by atoms with Gasteiger partial charge >= 0.3 is 0 Å². The second-order valence-corrected chi connectivity index (χ2v) is 4.83. The fraction of sp³-hybridized carbons (Fsp3) is 0. The van der Waals surface area contributed by atoms with Crippen molar-refractivity contribution in [3.63, 3.8) is 0 Å². The van der Waals surface area contributed by atoms with E-state index in [1.165, 1.54) is 0 Å². The number of aromatic amines is 1. The minimum atomic E-state index is 0.337. The third-order valence-corrected chi connectivity index (χ3v) is 3.21. The van der Waals surface area contributed by atoms with Gasteiger partial charge in [0.15, 0.2) is 5.76 Å². The van der Waals surface area contributed by atoms with Gasteiger partial charge in [0.25, 0.3) is 4.84 Å². The minimum Gasteiger partial charge on any atom is -0.429 e. The first-order valence-corrected chi connectivity index (χ1v) is 6.49. The number of hydrogen-bond donors (Lipinski definition) is 3. The van der Waals surface area contributed by atoms with Gasteiger partial charge in [-0.2, -0.15) is 0 Å². The number of aromatic nitrogens is 1. The number of nitrogen functional groups attached to an aromatic ring is 2. The Bertz CT molecular complexity index is 719. The maximum atomic E-state index is 5.71. The summed E-state index contributed by atoms with van der Waals surface area (Å²) in [7, 11) is 0. The molecule has 0 aliphatic heterocycles. The van der Waals surface area contributed by atoms with E-state index in [0.717, 1.165) is 16.8 Å². The number of H-pyrrole nitrogens is 1. The molecule has 3 aromatic rings. The molecule has 100 valence electrons. The molecule has 0 fully saturated rings. The second kappa shape index (κ2) is 4.86. The smallest absolute Gasteiger partial charge is 0.266 e. The number of nitrogens with one attached hydrogen (secondary N) is 1. The van der Waals surface area contributed by atoms with Gasteiger partial charge < -0.3 is 20.9 Å². The zero-order chi connectivity index (χ0) is 14.1. The van der Waals surface area contributed by atoms with Crippen LogP contribution in [0.15, 0.2) is 52.9 Å². The SMILES string of the molecule is Nc1ccc(-c2[nH]c(=S)oc2-c2ccc(N)cc2)cc1. The number of hydrogen-bond acceptors (Lipinski definition) is 4. The van der Waals surface area contributed by atoms with E-state index in [9.17, 15) is 0 Å². The first-order valence-electron chi connectivity index (χ1n) is 6.08. The summed E-state index contributed by atoms with van der Waals surface area (Å²) in [5.74, 6) is 0.694. The van der Waals surface area contributed by atoms with Gasteiger partial charge in [-0.25, -0.2) is 0 Å². The van der Waals surface area contributed by atoms with E-state index in [1.807, 2.05) is 48.5 Å². The van der Waals surface area contributed by atoms with Crippen LogP contribution in [-0.4, -0.2) is 4.98 Å². The maximum Gasteiger partial charge on any atom is 0.266 e. The van der Waals surface area contributed by atoms with E-state index in [4.69, 9.17) is 28.1 Å². The molecule has 0 radical (unpaired) electrons. The van der Waals surface area contributed by atoms with Crippen LogP contribution in [0.4, 0.5) is 11.4 Å². The largest absolute Gasteiger partial charge is 0.429 e. The molecule has 20 heavy (non-hydrogen) atoms. The molecule has 1 aromatic heterocycles. The molecule has 5 N–H and O–H groups in total. The summed E-state index contributed by atoms with van der Waals surface area (Å²) in [6, 6.07) is 15.0. The average molecular weight is 283 g/mol. The molecule has 0 spiro atoms. The van der Waals surface area contributed by atoms with E-state index < -0.39 is 0 Å². The third-order valence-electron chi connectivity index (χ3n) is 3.02. The molecule has 5 heteroatoms. The molecule has 0 saturated carbocycles. The molecule has 0 saturated heterocycles. The van der Waals surface area contributed by atoms with Crippen LogP contribution < -0.4 is 11.5 Å². The van der Waals surface area contributed by atoms with Crippen molar-refractivity contribution in [1.29, 1.82) is 0 Å². The van der Waals surface area contributed by atoms with Crippen LogP contribution in [0.1, 0.15) is 0 Å². The third kappa shape index (κ3) is 2.31. The topological polar surface area (TPSA) is 81.0 Å². The van der Waals surface area contributed by atoms with Crippen LogP contribution in [0.25, 0.3) is 22.6 Å². The Morgan fingerprint density at radius 2 is 1.30 bits per heavy atom.